The van der Waals surface area contributed by atoms with E-state index in [0.29, 0.717) is 0 Å². The van der Waals surface area contributed by atoms with Gasteiger partial charge in [0.05, 0.1) is 27.3 Å². The molecular formula is C16H24BrN3. The molecule has 1 aliphatic rings. The van der Waals surface area contributed by atoms with Crippen molar-refractivity contribution in [2.24, 2.45) is 11.3 Å². The molecule has 0 spiro atoms. The number of nitriles is 1. The lowest BCUT2D eigenvalue weighted by molar-refractivity contribution is 0.201. The van der Waals surface area contributed by atoms with Crippen molar-refractivity contribution in [3.8, 4) is 6.07 Å². The number of nitrogens with zero attached hydrogens (tertiary/aromatic N) is 3. The van der Waals surface area contributed by atoms with Crippen molar-refractivity contribution >= 4 is 15.9 Å². The first kappa shape index (κ1) is 15.6. The number of halogens is 1. The average molecular weight is 338 g/mol. The van der Waals surface area contributed by atoms with Gasteiger partial charge in [0.25, 0.3) is 0 Å². The van der Waals surface area contributed by atoms with E-state index in [1.165, 1.54) is 25.0 Å². The third-order valence-corrected chi connectivity index (χ3v) is 5.87. The maximum Gasteiger partial charge on any atom is 0.0738 e. The molecule has 3 nitrogen and oxygen atoms in total. The minimum Gasteiger partial charge on any atom is -0.268 e. The van der Waals surface area contributed by atoms with Gasteiger partial charge in [0.1, 0.15) is 0 Å². The summed E-state index contributed by atoms with van der Waals surface area (Å²) >= 11 is 3.65. The normalized spacial score (nSPS) is 26.4. The van der Waals surface area contributed by atoms with Crippen molar-refractivity contribution in [1.29, 1.82) is 5.26 Å². The maximum absolute atomic E-state index is 9.73. The zero-order valence-corrected chi connectivity index (χ0v) is 14.3. The van der Waals surface area contributed by atoms with Gasteiger partial charge in [-0.1, -0.05) is 13.3 Å². The van der Waals surface area contributed by atoms with Gasteiger partial charge in [0, 0.05) is 13.0 Å². The second kappa shape index (κ2) is 6.30. The second-order valence-electron chi connectivity index (χ2n) is 6.08. The van der Waals surface area contributed by atoms with Crippen LogP contribution in [0.5, 0.6) is 0 Å². The molecule has 1 aliphatic carbocycles. The molecular weight excluding hydrogens is 314 g/mol. The highest BCUT2D eigenvalue weighted by atomic mass is 79.9. The summed E-state index contributed by atoms with van der Waals surface area (Å²) in [4.78, 5) is 0. The van der Waals surface area contributed by atoms with Crippen molar-refractivity contribution < 1.29 is 0 Å². The molecule has 1 heterocycles. The van der Waals surface area contributed by atoms with Crippen LogP contribution in [0.4, 0.5) is 0 Å². The van der Waals surface area contributed by atoms with E-state index in [1.807, 2.05) is 11.6 Å². The summed E-state index contributed by atoms with van der Waals surface area (Å²) in [5, 5.41) is 14.3. The third kappa shape index (κ3) is 2.93. The van der Waals surface area contributed by atoms with Crippen LogP contribution >= 0.6 is 15.9 Å². The Morgan fingerprint density at radius 1 is 1.40 bits per heavy atom. The van der Waals surface area contributed by atoms with Gasteiger partial charge in [-0.25, -0.2) is 0 Å². The molecule has 1 aromatic heterocycles. The molecule has 110 valence electrons. The minimum atomic E-state index is -0.187. The monoisotopic (exact) mass is 337 g/mol. The largest absolute Gasteiger partial charge is 0.268 e. The van der Waals surface area contributed by atoms with Gasteiger partial charge < -0.3 is 0 Å². The highest BCUT2D eigenvalue weighted by Crippen LogP contribution is 2.43. The fraction of sp³-hybridized carbons (Fsp3) is 0.750. The molecule has 2 rings (SSSR count). The van der Waals surface area contributed by atoms with E-state index in [0.717, 1.165) is 41.9 Å². The summed E-state index contributed by atoms with van der Waals surface area (Å²) in [5.41, 5.74) is 2.03. The van der Waals surface area contributed by atoms with Crippen LogP contribution in [0.1, 0.15) is 57.3 Å². The molecule has 0 radical (unpaired) electrons. The molecule has 0 N–H and O–H groups in total. The first-order chi connectivity index (χ1) is 9.55. The molecule has 20 heavy (non-hydrogen) atoms. The Morgan fingerprint density at radius 3 is 2.55 bits per heavy atom. The highest BCUT2D eigenvalue weighted by molar-refractivity contribution is 9.10. The zero-order valence-electron chi connectivity index (χ0n) is 12.7. The smallest absolute Gasteiger partial charge is 0.0738 e. The standard InChI is InChI=1S/C16H24BrN3/c1-4-13-6-8-16(11-18,9-7-13)10-14-15(17)12(3)19-20(14)5-2/h13H,4-10H2,1-3H3. The van der Waals surface area contributed by atoms with E-state index in [9.17, 15) is 5.26 Å². The predicted octanol–water partition coefficient (Wildman–Crippen LogP) is 4.63. The van der Waals surface area contributed by atoms with Crippen LogP contribution in [0.25, 0.3) is 0 Å². The summed E-state index contributed by atoms with van der Waals surface area (Å²) < 4.78 is 3.14. The van der Waals surface area contributed by atoms with E-state index in [1.54, 1.807) is 0 Å². The summed E-state index contributed by atoms with van der Waals surface area (Å²) in [7, 11) is 0. The number of rotatable bonds is 4. The van der Waals surface area contributed by atoms with E-state index >= 15 is 0 Å². The molecule has 0 amide bonds. The summed E-state index contributed by atoms with van der Waals surface area (Å²) in [6.07, 6.45) is 6.53. The van der Waals surface area contributed by atoms with Crippen LogP contribution in [0, 0.1) is 29.6 Å². The van der Waals surface area contributed by atoms with Crippen LogP contribution in [0.3, 0.4) is 0 Å². The maximum atomic E-state index is 9.73. The van der Waals surface area contributed by atoms with E-state index < -0.39 is 0 Å². The predicted molar refractivity (Wildman–Crippen MR) is 84.3 cm³/mol. The molecule has 1 saturated carbocycles. The van der Waals surface area contributed by atoms with Gasteiger partial charge in [0.2, 0.25) is 0 Å². The fourth-order valence-electron chi connectivity index (χ4n) is 3.32. The Hall–Kier alpha value is -0.820. The van der Waals surface area contributed by atoms with Crippen LogP contribution in [0.15, 0.2) is 4.47 Å². The fourth-order valence-corrected chi connectivity index (χ4v) is 3.75. The van der Waals surface area contributed by atoms with Gasteiger partial charge in [-0.15, -0.1) is 0 Å². The summed E-state index contributed by atoms with van der Waals surface area (Å²) in [6, 6.07) is 2.64. The first-order valence-corrected chi connectivity index (χ1v) is 8.47. The van der Waals surface area contributed by atoms with Crippen molar-refractivity contribution in [3.05, 3.63) is 15.9 Å². The van der Waals surface area contributed by atoms with Crippen molar-refractivity contribution in [2.75, 3.05) is 0 Å². The lowest BCUT2D eigenvalue weighted by Crippen LogP contribution is -2.29. The number of hydrogen-bond acceptors (Lipinski definition) is 2. The number of aromatic nitrogens is 2. The number of aryl methyl sites for hydroxylation is 2. The van der Waals surface area contributed by atoms with Crippen LogP contribution < -0.4 is 0 Å². The zero-order chi connectivity index (χ0) is 14.8. The Bertz CT molecular complexity index is 505. The molecule has 4 heteroatoms. The van der Waals surface area contributed by atoms with Crippen LogP contribution in [0.2, 0.25) is 0 Å². The molecule has 0 saturated heterocycles. The third-order valence-electron chi connectivity index (χ3n) is 4.84. The minimum absolute atomic E-state index is 0.187. The van der Waals surface area contributed by atoms with Gasteiger partial charge in [-0.05, 0) is 61.4 Å². The lowest BCUT2D eigenvalue weighted by Gasteiger charge is -2.34. The first-order valence-electron chi connectivity index (χ1n) is 7.68. The Kier molecular flexibility index (Phi) is 4.90. The lowest BCUT2D eigenvalue weighted by atomic mass is 9.68. The SMILES string of the molecule is CCC1CCC(C#N)(Cc2c(Br)c(C)nn2CC)CC1. The van der Waals surface area contributed by atoms with Crippen molar-refractivity contribution in [3.63, 3.8) is 0 Å². The Morgan fingerprint density at radius 2 is 2.05 bits per heavy atom. The molecule has 0 unspecified atom stereocenters. The number of hydrogen-bond donors (Lipinski definition) is 0. The molecule has 0 aliphatic heterocycles. The van der Waals surface area contributed by atoms with Gasteiger partial charge in [0.15, 0.2) is 0 Å². The van der Waals surface area contributed by atoms with E-state index in [-0.39, 0.29) is 5.41 Å². The van der Waals surface area contributed by atoms with Crippen LogP contribution in [-0.2, 0) is 13.0 Å². The quantitative estimate of drug-likeness (QED) is 0.803. The van der Waals surface area contributed by atoms with Gasteiger partial charge in [-0.3, -0.25) is 4.68 Å². The summed E-state index contributed by atoms with van der Waals surface area (Å²) in [5.74, 6) is 0.817. The van der Waals surface area contributed by atoms with Crippen LogP contribution in [-0.4, -0.2) is 9.78 Å². The topological polar surface area (TPSA) is 41.6 Å². The molecule has 0 atom stereocenters. The van der Waals surface area contributed by atoms with Crippen molar-refractivity contribution in [1.82, 2.24) is 9.78 Å². The molecule has 1 aromatic rings. The Labute approximate surface area is 130 Å². The van der Waals surface area contributed by atoms with E-state index in [4.69, 9.17) is 0 Å². The molecule has 1 fully saturated rings. The average Bonchev–Trinajstić information content (AvgIpc) is 2.75. The highest BCUT2D eigenvalue weighted by Gasteiger charge is 2.36. The van der Waals surface area contributed by atoms with Crippen molar-refractivity contribution in [2.45, 2.75) is 65.8 Å². The van der Waals surface area contributed by atoms with Gasteiger partial charge >= 0.3 is 0 Å². The Balaban J connectivity index is 2.21. The molecule has 0 aromatic carbocycles. The van der Waals surface area contributed by atoms with Gasteiger partial charge in [-0.2, -0.15) is 10.4 Å². The molecule has 0 bridgehead atoms. The summed E-state index contributed by atoms with van der Waals surface area (Å²) in [6.45, 7) is 7.25. The second-order valence-corrected chi connectivity index (χ2v) is 6.88. The van der Waals surface area contributed by atoms with E-state index in [2.05, 4.69) is 40.9 Å².